The highest BCUT2D eigenvalue weighted by molar-refractivity contribution is 6.02. The van der Waals surface area contributed by atoms with Gasteiger partial charge < -0.3 is 15.7 Å². The number of nitrogens with one attached hydrogen (secondary N) is 2. The third-order valence-corrected chi connectivity index (χ3v) is 13.1. The van der Waals surface area contributed by atoms with Gasteiger partial charge in [0.2, 0.25) is 0 Å². The topological polar surface area (TPSA) is 83.4 Å². The maximum absolute atomic E-state index is 7.21. The molecule has 2 aliphatic rings. The van der Waals surface area contributed by atoms with Crippen molar-refractivity contribution in [3.05, 3.63) is 160 Å². The molecule has 4 aromatic carbocycles. The maximum atomic E-state index is 7.21. The van der Waals surface area contributed by atoms with Gasteiger partial charge in [-0.3, -0.25) is 0 Å². The second-order valence-electron chi connectivity index (χ2n) is 22.0. The molecule has 0 aliphatic carbocycles. The number of hydrogen-bond donors (Lipinski definition) is 3. The molecule has 0 amide bonds. The van der Waals surface area contributed by atoms with Crippen molar-refractivity contribution in [1.82, 2.24) is 19.9 Å². The van der Waals surface area contributed by atoms with Gasteiger partial charge in [-0.15, -0.1) is 0 Å². The quantitative estimate of drug-likeness (QED) is 0.165. The molecule has 3 aromatic heterocycles. The van der Waals surface area contributed by atoms with E-state index in [9.17, 15) is 0 Å². The van der Waals surface area contributed by atoms with E-state index in [1.807, 2.05) is 0 Å². The van der Waals surface area contributed by atoms with Crippen molar-refractivity contribution < 1.29 is 0 Å². The van der Waals surface area contributed by atoms with Crippen molar-refractivity contribution in [1.29, 1.82) is 0 Å². The predicted octanol–water partition coefficient (Wildman–Crippen LogP) is 16.1. The van der Waals surface area contributed by atoms with Crippen LogP contribution in [0.4, 0.5) is 5.69 Å². The van der Waals surface area contributed by atoms with Crippen molar-refractivity contribution in [2.24, 2.45) is 0 Å². The second-order valence-corrected chi connectivity index (χ2v) is 22.0. The molecule has 0 radical (unpaired) electrons. The van der Waals surface area contributed by atoms with Crippen molar-refractivity contribution >= 4 is 52.1 Å². The van der Waals surface area contributed by atoms with E-state index in [0.717, 1.165) is 89.4 Å². The summed E-state index contributed by atoms with van der Waals surface area (Å²) in [7, 11) is 0. The first kappa shape index (κ1) is 43.5. The van der Waals surface area contributed by atoms with Gasteiger partial charge in [-0.2, -0.15) is 0 Å². The number of hydrogen-bond acceptors (Lipinski definition) is 3. The van der Waals surface area contributed by atoms with E-state index in [2.05, 4.69) is 233 Å². The molecule has 8 bridgehead atoms. The van der Waals surface area contributed by atoms with E-state index < -0.39 is 0 Å². The van der Waals surface area contributed by atoms with Crippen LogP contribution < -0.4 is 5.73 Å². The van der Waals surface area contributed by atoms with Crippen molar-refractivity contribution in [3.63, 3.8) is 0 Å². The lowest BCUT2D eigenvalue weighted by Crippen LogP contribution is -2.10. The Morgan fingerprint density at radius 1 is 0.338 bits per heavy atom. The SMILES string of the molecule is CC(C)(C)c1ccc(-c2c3nc(c(-c4ccc(C(C)(C)C)cc4)c4cc(N)c([nH]4)c(-c4ccc(C(C)(C)C)cc4)c4nc(c(-c5ccc(C(C)(C)C)cc5)c5ccc2[nH]5)C=C4)C=C3)cc1. The summed E-state index contributed by atoms with van der Waals surface area (Å²) in [4.78, 5) is 18.9. The summed E-state index contributed by atoms with van der Waals surface area (Å²) in [5.41, 5.74) is 28.3. The smallest absolute Gasteiger partial charge is 0.0738 e. The Hall–Kier alpha value is -6.72. The second kappa shape index (κ2) is 15.8. The highest BCUT2D eigenvalue weighted by Gasteiger charge is 2.23. The Balaban J connectivity index is 1.44. The third kappa shape index (κ3) is 8.41. The number of benzene rings is 4. The first-order chi connectivity index (χ1) is 30.6. The number of fused-ring (bicyclic) bond motifs is 8. The molecule has 0 saturated heterocycles. The van der Waals surface area contributed by atoms with E-state index in [0.29, 0.717) is 5.69 Å². The molecule has 0 spiro atoms. The largest absolute Gasteiger partial charge is 0.397 e. The minimum Gasteiger partial charge on any atom is -0.397 e. The third-order valence-electron chi connectivity index (χ3n) is 13.1. The van der Waals surface area contributed by atoms with Gasteiger partial charge in [0.05, 0.1) is 39.5 Å². The average Bonchev–Trinajstić information content (AvgIpc) is 4.08. The number of anilines is 1. The molecule has 5 heteroatoms. The fourth-order valence-corrected chi connectivity index (χ4v) is 9.07. The standard InChI is InChI=1S/C60H63N5/c1-57(2,3)40-21-13-36(14-22-40)52-45-29-30-46(62-45)53(37-15-23-41(24-16-37)58(4,5)6)48-33-34-50(64-48)55(39-19-27-43(28-20-39)60(10,11)12)56-44(61)35-51(65-56)54(49-32-31-47(52)63-49)38-17-25-42(26-18-38)59(7,8)9/h13-35,62,65H,61H2,1-12H3. The molecule has 328 valence electrons. The van der Waals surface area contributed by atoms with Gasteiger partial charge in [0, 0.05) is 33.3 Å². The number of aromatic nitrogens is 4. The predicted molar refractivity (Wildman–Crippen MR) is 280 cm³/mol. The molecule has 5 nitrogen and oxygen atoms in total. The number of H-pyrrole nitrogens is 2. The molecule has 9 rings (SSSR count). The van der Waals surface area contributed by atoms with Crippen molar-refractivity contribution in [2.75, 3.05) is 5.73 Å². The van der Waals surface area contributed by atoms with Gasteiger partial charge in [-0.25, -0.2) is 9.97 Å². The van der Waals surface area contributed by atoms with Crippen molar-refractivity contribution in [3.8, 4) is 44.5 Å². The Morgan fingerprint density at radius 3 is 0.923 bits per heavy atom. The van der Waals surface area contributed by atoms with Gasteiger partial charge in [0.25, 0.3) is 0 Å². The Labute approximate surface area is 385 Å². The monoisotopic (exact) mass is 854 g/mol. The summed E-state index contributed by atoms with van der Waals surface area (Å²) in [6.07, 6.45) is 8.60. The van der Waals surface area contributed by atoms with Crippen LogP contribution in [0.2, 0.25) is 0 Å². The van der Waals surface area contributed by atoms with Crippen LogP contribution in [0.25, 0.3) is 90.9 Å². The Morgan fingerprint density at radius 2 is 0.615 bits per heavy atom. The fourth-order valence-electron chi connectivity index (χ4n) is 9.07. The number of aromatic amines is 2. The molecule has 65 heavy (non-hydrogen) atoms. The molecule has 0 atom stereocenters. The minimum atomic E-state index is 0.000291. The zero-order valence-electron chi connectivity index (χ0n) is 40.3. The van der Waals surface area contributed by atoms with E-state index in [1.165, 1.54) is 22.3 Å². The summed E-state index contributed by atoms with van der Waals surface area (Å²) in [5.74, 6) is 0. The molecule has 2 aliphatic heterocycles. The lowest BCUT2D eigenvalue weighted by atomic mass is 9.86. The zero-order valence-corrected chi connectivity index (χ0v) is 40.3. The summed E-state index contributed by atoms with van der Waals surface area (Å²) in [5, 5.41) is 0. The van der Waals surface area contributed by atoms with Crippen LogP contribution in [0.15, 0.2) is 115 Å². The van der Waals surface area contributed by atoms with Crippen LogP contribution in [0.1, 0.15) is 128 Å². The molecule has 4 N–H and O–H groups in total. The summed E-state index contributed by atoms with van der Waals surface area (Å²) < 4.78 is 0. The van der Waals surface area contributed by atoms with Crippen LogP contribution in [0, 0.1) is 0 Å². The number of nitrogens with two attached hydrogens (primary N) is 1. The lowest BCUT2D eigenvalue weighted by Gasteiger charge is -2.19. The van der Waals surface area contributed by atoms with Gasteiger partial charge >= 0.3 is 0 Å². The van der Waals surface area contributed by atoms with Gasteiger partial charge in [0.15, 0.2) is 0 Å². The van der Waals surface area contributed by atoms with Crippen LogP contribution in [-0.2, 0) is 21.7 Å². The average molecular weight is 854 g/mol. The molecular formula is C60H63N5. The normalized spacial score (nSPS) is 13.2. The number of nitrogens with zero attached hydrogens (tertiary/aromatic N) is 2. The van der Waals surface area contributed by atoms with Crippen molar-refractivity contribution in [2.45, 2.75) is 105 Å². The molecule has 0 saturated carbocycles. The van der Waals surface area contributed by atoms with Gasteiger partial charge in [-0.1, -0.05) is 180 Å². The van der Waals surface area contributed by atoms with Crippen LogP contribution >= 0.6 is 0 Å². The lowest BCUT2D eigenvalue weighted by molar-refractivity contribution is 0.590. The summed E-state index contributed by atoms with van der Waals surface area (Å²) in [6, 6.07) is 42.2. The summed E-state index contributed by atoms with van der Waals surface area (Å²) in [6.45, 7) is 27.0. The first-order valence-corrected chi connectivity index (χ1v) is 23.0. The van der Waals surface area contributed by atoms with Crippen LogP contribution in [0.5, 0.6) is 0 Å². The van der Waals surface area contributed by atoms with Crippen LogP contribution in [-0.4, -0.2) is 19.9 Å². The molecule has 0 fully saturated rings. The van der Waals surface area contributed by atoms with Gasteiger partial charge in [0.1, 0.15) is 0 Å². The van der Waals surface area contributed by atoms with Gasteiger partial charge in [-0.05, 0) is 109 Å². The van der Waals surface area contributed by atoms with E-state index in [1.54, 1.807) is 0 Å². The van der Waals surface area contributed by atoms with Crippen LogP contribution in [0.3, 0.4) is 0 Å². The van der Waals surface area contributed by atoms with E-state index in [-0.39, 0.29) is 21.7 Å². The Bertz CT molecular complexity index is 3180. The molecule has 0 unspecified atom stereocenters. The number of rotatable bonds is 4. The summed E-state index contributed by atoms with van der Waals surface area (Å²) >= 11 is 0. The maximum Gasteiger partial charge on any atom is 0.0738 e. The molecule has 7 aromatic rings. The fraction of sp³-hybridized carbons (Fsp3) is 0.267. The first-order valence-electron chi connectivity index (χ1n) is 23.0. The molecule has 5 heterocycles. The number of nitrogen functional groups attached to an aromatic ring is 1. The Kier molecular flexibility index (Phi) is 10.6. The minimum absolute atomic E-state index is 0.000291. The van der Waals surface area contributed by atoms with E-state index in [4.69, 9.17) is 15.7 Å². The molecular weight excluding hydrogens is 791 g/mol. The highest BCUT2D eigenvalue weighted by atomic mass is 14.8. The zero-order chi connectivity index (χ0) is 46.2. The highest BCUT2D eigenvalue weighted by Crippen LogP contribution is 2.41. The van der Waals surface area contributed by atoms with E-state index >= 15 is 0 Å².